The molecule has 0 saturated carbocycles. The van der Waals surface area contributed by atoms with E-state index >= 15 is 0 Å². The van der Waals surface area contributed by atoms with Crippen molar-refractivity contribution in [2.45, 2.75) is 307 Å². The first kappa shape index (κ1) is 62.4. The summed E-state index contributed by atoms with van der Waals surface area (Å²) in [6, 6.07) is -0.821. The summed E-state index contributed by atoms with van der Waals surface area (Å²) in [5, 5.41) is 54.4. The molecule has 9 nitrogen and oxygen atoms in total. The maximum Gasteiger partial charge on any atom is 0.220 e. The van der Waals surface area contributed by atoms with Crippen molar-refractivity contribution in [1.29, 1.82) is 0 Å². The highest BCUT2D eigenvalue weighted by Gasteiger charge is 2.44. The minimum Gasteiger partial charge on any atom is -0.394 e. The fourth-order valence-corrected chi connectivity index (χ4v) is 8.93. The van der Waals surface area contributed by atoms with Gasteiger partial charge in [0.2, 0.25) is 5.91 Å². The number of aliphatic hydroxyl groups is 5. The average Bonchev–Trinajstić information content (AvgIpc) is 3.32. The first-order valence-electron chi connectivity index (χ1n) is 28.2. The molecule has 388 valence electrons. The molecule has 1 aliphatic rings. The summed E-state index contributed by atoms with van der Waals surface area (Å²) < 4.78 is 11.2. The lowest BCUT2D eigenvalue weighted by atomic mass is 9.99. The second-order valence-electron chi connectivity index (χ2n) is 19.7. The Morgan fingerprint density at radius 3 is 1.27 bits per heavy atom. The first-order chi connectivity index (χ1) is 32.3. The van der Waals surface area contributed by atoms with E-state index in [9.17, 15) is 30.3 Å². The molecular formula is C57H107NO8. The van der Waals surface area contributed by atoms with E-state index in [-0.39, 0.29) is 12.5 Å². The molecular weight excluding hydrogens is 827 g/mol. The fourth-order valence-electron chi connectivity index (χ4n) is 8.93. The lowest BCUT2D eigenvalue weighted by Gasteiger charge is -2.40. The van der Waals surface area contributed by atoms with Crippen molar-refractivity contribution in [3.8, 4) is 0 Å². The van der Waals surface area contributed by atoms with Crippen molar-refractivity contribution in [3.05, 3.63) is 36.5 Å². The van der Waals surface area contributed by atoms with Crippen LogP contribution in [0.4, 0.5) is 0 Å². The van der Waals surface area contributed by atoms with Crippen LogP contribution in [0.25, 0.3) is 0 Å². The monoisotopic (exact) mass is 934 g/mol. The van der Waals surface area contributed by atoms with E-state index in [1.807, 2.05) is 6.08 Å². The van der Waals surface area contributed by atoms with E-state index in [1.165, 1.54) is 205 Å². The van der Waals surface area contributed by atoms with Crippen LogP contribution in [0.1, 0.15) is 264 Å². The number of rotatable bonds is 48. The smallest absolute Gasteiger partial charge is 0.220 e. The highest BCUT2D eigenvalue weighted by Crippen LogP contribution is 2.23. The number of hydrogen-bond acceptors (Lipinski definition) is 8. The number of hydrogen-bond donors (Lipinski definition) is 6. The Bertz CT molecular complexity index is 1130. The maximum atomic E-state index is 13.0. The van der Waals surface area contributed by atoms with Crippen LogP contribution in [0.15, 0.2) is 36.5 Å². The van der Waals surface area contributed by atoms with E-state index in [0.717, 1.165) is 38.5 Å². The third kappa shape index (κ3) is 36.4. The Morgan fingerprint density at radius 2 is 0.864 bits per heavy atom. The van der Waals surface area contributed by atoms with Crippen LogP contribution in [0.3, 0.4) is 0 Å². The number of amides is 1. The minimum absolute atomic E-state index is 0.185. The molecule has 0 radical (unpaired) electrons. The van der Waals surface area contributed by atoms with Crippen molar-refractivity contribution < 1.29 is 39.8 Å². The number of ether oxygens (including phenoxy) is 2. The van der Waals surface area contributed by atoms with Gasteiger partial charge in [-0.3, -0.25) is 4.79 Å². The third-order valence-electron chi connectivity index (χ3n) is 13.4. The summed E-state index contributed by atoms with van der Waals surface area (Å²) in [6.45, 7) is 3.78. The van der Waals surface area contributed by atoms with E-state index in [0.29, 0.717) is 6.42 Å². The summed E-state index contributed by atoms with van der Waals surface area (Å²) >= 11 is 0. The molecule has 1 heterocycles. The summed E-state index contributed by atoms with van der Waals surface area (Å²) in [6.07, 6.45) is 53.6. The predicted octanol–water partition coefficient (Wildman–Crippen LogP) is 13.6. The summed E-state index contributed by atoms with van der Waals surface area (Å²) in [7, 11) is 0. The molecule has 1 aliphatic heterocycles. The first-order valence-corrected chi connectivity index (χ1v) is 28.2. The quantitative estimate of drug-likeness (QED) is 0.0261. The Balaban J connectivity index is 2.22. The van der Waals surface area contributed by atoms with Gasteiger partial charge in [0.05, 0.1) is 25.4 Å². The molecule has 7 atom stereocenters. The number of carbonyl (C=O) groups excluding carboxylic acids is 1. The van der Waals surface area contributed by atoms with Gasteiger partial charge in [-0.2, -0.15) is 0 Å². The molecule has 0 spiro atoms. The van der Waals surface area contributed by atoms with Gasteiger partial charge in [-0.05, 0) is 57.8 Å². The van der Waals surface area contributed by atoms with Crippen molar-refractivity contribution in [3.63, 3.8) is 0 Å². The van der Waals surface area contributed by atoms with E-state index < -0.39 is 49.5 Å². The average molecular weight is 934 g/mol. The van der Waals surface area contributed by atoms with E-state index in [2.05, 4.69) is 43.5 Å². The Hall–Kier alpha value is -1.59. The van der Waals surface area contributed by atoms with Gasteiger partial charge in [0.1, 0.15) is 24.4 Å². The highest BCUT2D eigenvalue weighted by atomic mass is 16.7. The van der Waals surface area contributed by atoms with Gasteiger partial charge in [0.15, 0.2) is 6.29 Å². The molecule has 1 fully saturated rings. The number of aliphatic hydroxyl groups excluding tert-OH is 5. The molecule has 0 aromatic carbocycles. The topological polar surface area (TPSA) is 149 Å². The normalized spacial score (nSPS) is 20.0. The van der Waals surface area contributed by atoms with Crippen molar-refractivity contribution >= 4 is 5.91 Å². The number of carbonyl (C=O) groups is 1. The molecule has 1 amide bonds. The SMILES string of the molecule is CCCCCCCCCCCC/C=C/CC/C=C/C(O)C(COC1OC(CO)C(O)C(O)C1O)NC(=O)CCCCCCCCCCCCC/C=C\CCCCCCCCCCCCCC. The van der Waals surface area contributed by atoms with Crippen LogP contribution in [-0.2, 0) is 14.3 Å². The van der Waals surface area contributed by atoms with Gasteiger partial charge in [-0.15, -0.1) is 0 Å². The number of nitrogens with one attached hydrogen (secondary N) is 1. The summed E-state index contributed by atoms with van der Waals surface area (Å²) in [4.78, 5) is 13.0. The van der Waals surface area contributed by atoms with Gasteiger partial charge >= 0.3 is 0 Å². The Kier molecular flexibility index (Phi) is 44.6. The zero-order valence-corrected chi connectivity index (χ0v) is 43.0. The Labute approximate surface area is 406 Å². The molecule has 7 unspecified atom stereocenters. The van der Waals surface area contributed by atoms with Crippen LogP contribution >= 0.6 is 0 Å². The summed E-state index contributed by atoms with van der Waals surface area (Å²) in [5.74, 6) is -0.185. The molecule has 66 heavy (non-hydrogen) atoms. The molecule has 0 aromatic heterocycles. The van der Waals surface area contributed by atoms with Crippen molar-refractivity contribution in [1.82, 2.24) is 5.32 Å². The van der Waals surface area contributed by atoms with Crippen LogP contribution in [-0.4, -0.2) is 87.5 Å². The highest BCUT2D eigenvalue weighted by molar-refractivity contribution is 5.76. The number of unbranched alkanes of at least 4 members (excludes halogenated alkanes) is 34. The molecule has 1 saturated heterocycles. The zero-order valence-electron chi connectivity index (χ0n) is 43.0. The Morgan fingerprint density at radius 1 is 0.500 bits per heavy atom. The molecule has 6 N–H and O–H groups in total. The van der Waals surface area contributed by atoms with Gasteiger partial charge in [0, 0.05) is 6.42 Å². The van der Waals surface area contributed by atoms with Crippen LogP contribution in [0.5, 0.6) is 0 Å². The molecule has 9 heteroatoms. The second-order valence-corrected chi connectivity index (χ2v) is 19.7. The maximum absolute atomic E-state index is 13.0. The fraction of sp³-hybridized carbons (Fsp3) is 0.877. The lowest BCUT2D eigenvalue weighted by Crippen LogP contribution is -2.60. The van der Waals surface area contributed by atoms with Gasteiger partial charge < -0.3 is 40.3 Å². The molecule has 0 aromatic rings. The van der Waals surface area contributed by atoms with E-state index in [4.69, 9.17) is 9.47 Å². The third-order valence-corrected chi connectivity index (χ3v) is 13.4. The second kappa shape index (κ2) is 47.1. The van der Waals surface area contributed by atoms with Crippen LogP contribution in [0, 0.1) is 0 Å². The number of allylic oxidation sites excluding steroid dienone is 5. The molecule has 0 aliphatic carbocycles. The lowest BCUT2D eigenvalue weighted by molar-refractivity contribution is -0.302. The van der Waals surface area contributed by atoms with E-state index in [1.54, 1.807) is 6.08 Å². The predicted molar refractivity (Wildman–Crippen MR) is 276 cm³/mol. The zero-order chi connectivity index (χ0) is 48.0. The summed E-state index contributed by atoms with van der Waals surface area (Å²) in [5.41, 5.74) is 0. The molecule has 0 bridgehead atoms. The van der Waals surface area contributed by atoms with Gasteiger partial charge in [-0.25, -0.2) is 0 Å². The van der Waals surface area contributed by atoms with Crippen LogP contribution < -0.4 is 5.32 Å². The standard InChI is InChI=1S/C57H107NO8/c1-3-5-7-9-11-13-15-17-19-21-22-23-24-25-26-27-28-29-30-31-33-35-37-39-41-43-45-47-53(61)58-50(49-65-57-56(64)55(63)54(62)52(48-59)66-57)51(60)46-44-42-40-38-36-34-32-20-18-16-14-12-10-8-6-4-2/h25-26,36,38,44,46,50-52,54-57,59-60,62-64H,3-24,27-35,37,39-43,45,47-49H2,1-2H3,(H,58,61)/b26-25-,38-36+,46-44+. The van der Waals surface area contributed by atoms with Crippen molar-refractivity contribution in [2.24, 2.45) is 0 Å². The van der Waals surface area contributed by atoms with Crippen molar-refractivity contribution in [2.75, 3.05) is 13.2 Å². The minimum atomic E-state index is -1.57. The van der Waals surface area contributed by atoms with Gasteiger partial charge in [-0.1, -0.05) is 237 Å². The van der Waals surface area contributed by atoms with Gasteiger partial charge in [0.25, 0.3) is 0 Å². The largest absolute Gasteiger partial charge is 0.394 e. The van der Waals surface area contributed by atoms with Crippen LogP contribution in [0.2, 0.25) is 0 Å². The molecule has 1 rings (SSSR count).